The first-order valence-corrected chi connectivity index (χ1v) is 12.2. The molecule has 0 saturated carbocycles. The Morgan fingerprint density at radius 2 is 1.60 bits per heavy atom. The average molecular weight is 503 g/mol. The van der Waals surface area contributed by atoms with Gasteiger partial charge in [0.1, 0.15) is 18.1 Å². The van der Waals surface area contributed by atoms with Gasteiger partial charge >= 0.3 is 0 Å². The van der Waals surface area contributed by atoms with E-state index in [2.05, 4.69) is 5.32 Å². The number of anilines is 1. The molecule has 35 heavy (non-hydrogen) atoms. The van der Waals surface area contributed by atoms with Crippen LogP contribution in [0.1, 0.15) is 12.5 Å². The molecule has 3 rings (SSSR count). The third-order valence-electron chi connectivity index (χ3n) is 5.07. The molecule has 0 aliphatic heterocycles. The second-order valence-corrected chi connectivity index (χ2v) is 9.22. The second-order valence-electron chi connectivity index (χ2n) is 7.36. The van der Waals surface area contributed by atoms with Crippen LogP contribution in [0.2, 0.25) is 0 Å². The number of nitrogens with one attached hydrogen (secondary N) is 1. The minimum absolute atomic E-state index is 0.0737. The molecule has 3 aromatic carbocycles. The summed E-state index contributed by atoms with van der Waals surface area (Å²) in [6, 6.07) is 16.3. The summed E-state index contributed by atoms with van der Waals surface area (Å²) in [6.45, 7) is 1.94. The first-order chi connectivity index (χ1) is 16.8. The van der Waals surface area contributed by atoms with Gasteiger partial charge in [-0.2, -0.15) is 0 Å². The molecule has 186 valence electrons. The topological polar surface area (TPSA) is 94.2 Å². The molecule has 8 nitrogen and oxygen atoms in total. The Labute approximate surface area is 204 Å². The number of halogens is 1. The third kappa shape index (κ3) is 6.42. The van der Waals surface area contributed by atoms with E-state index >= 15 is 0 Å². The molecule has 1 amide bonds. The summed E-state index contributed by atoms with van der Waals surface area (Å²) in [5.41, 5.74) is 0.954. The number of ether oxygens (including phenoxy) is 3. The largest absolute Gasteiger partial charge is 0.494 e. The Hall–Kier alpha value is -3.79. The predicted molar refractivity (Wildman–Crippen MR) is 130 cm³/mol. The van der Waals surface area contributed by atoms with Gasteiger partial charge in [-0.05, 0) is 61.0 Å². The van der Waals surface area contributed by atoms with Gasteiger partial charge in [-0.1, -0.05) is 12.1 Å². The van der Waals surface area contributed by atoms with Crippen LogP contribution in [0.15, 0.2) is 71.6 Å². The van der Waals surface area contributed by atoms with Crippen LogP contribution in [0.4, 0.5) is 10.1 Å². The van der Waals surface area contributed by atoms with Crippen LogP contribution in [-0.4, -0.2) is 41.7 Å². The summed E-state index contributed by atoms with van der Waals surface area (Å²) in [5, 5.41) is 2.68. The molecular weight excluding hydrogens is 475 g/mol. The van der Waals surface area contributed by atoms with Gasteiger partial charge in [0.05, 0.1) is 31.4 Å². The number of benzene rings is 3. The van der Waals surface area contributed by atoms with Crippen molar-refractivity contribution in [2.75, 3.05) is 31.7 Å². The SMILES string of the molecule is CCOc1ccc(N(CC(=O)NCc2ccc(F)cc2)S(=O)(=O)c2ccc(OC)c(OC)c2)cc1. The Kier molecular flexibility index (Phi) is 8.53. The van der Waals surface area contributed by atoms with Crippen molar-refractivity contribution >= 4 is 21.6 Å². The zero-order valence-electron chi connectivity index (χ0n) is 19.7. The van der Waals surface area contributed by atoms with E-state index in [1.165, 1.54) is 44.6 Å². The second kappa shape index (κ2) is 11.6. The fourth-order valence-electron chi connectivity index (χ4n) is 3.28. The summed E-state index contributed by atoms with van der Waals surface area (Å²) in [5.74, 6) is 0.257. The van der Waals surface area contributed by atoms with E-state index in [0.29, 0.717) is 23.7 Å². The van der Waals surface area contributed by atoms with Gasteiger partial charge in [0.25, 0.3) is 10.0 Å². The molecule has 0 heterocycles. The molecule has 0 fully saturated rings. The zero-order valence-corrected chi connectivity index (χ0v) is 20.5. The smallest absolute Gasteiger partial charge is 0.264 e. The van der Waals surface area contributed by atoms with E-state index < -0.39 is 22.5 Å². The van der Waals surface area contributed by atoms with Gasteiger partial charge < -0.3 is 19.5 Å². The van der Waals surface area contributed by atoms with Gasteiger partial charge in [-0.25, -0.2) is 12.8 Å². The van der Waals surface area contributed by atoms with Crippen molar-refractivity contribution in [2.45, 2.75) is 18.4 Å². The van der Waals surface area contributed by atoms with Crippen LogP contribution in [0.25, 0.3) is 0 Å². The van der Waals surface area contributed by atoms with Crippen molar-refractivity contribution in [1.82, 2.24) is 5.32 Å². The number of methoxy groups -OCH3 is 2. The number of carbonyl (C=O) groups is 1. The lowest BCUT2D eigenvalue weighted by Gasteiger charge is -2.24. The molecule has 3 aromatic rings. The lowest BCUT2D eigenvalue weighted by molar-refractivity contribution is -0.119. The number of carbonyl (C=O) groups excluding carboxylic acids is 1. The third-order valence-corrected chi connectivity index (χ3v) is 6.84. The number of rotatable bonds is 11. The van der Waals surface area contributed by atoms with Crippen molar-refractivity contribution < 1.29 is 31.8 Å². The zero-order chi connectivity index (χ0) is 25.4. The molecule has 0 aliphatic rings. The maximum absolute atomic E-state index is 13.6. The Morgan fingerprint density at radius 3 is 2.20 bits per heavy atom. The molecule has 0 saturated heterocycles. The standard InChI is InChI=1S/C25H27FN2O6S/c1-4-34-21-11-9-20(10-12-21)28(17-25(29)27-16-18-5-7-19(26)8-6-18)35(30,31)22-13-14-23(32-2)24(15-22)33-3/h5-15H,4,16-17H2,1-3H3,(H,27,29). The first kappa shape index (κ1) is 25.8. The van der Waals surface area contributed by atoms with Crippen LogP contribution in [0.5, 0.6) is 17.2 Å². The van der Waals surface area contributed by atoms with E-state index in [1.807, 2.05) is 6.92 Å². The van der Waals surface area contributed by atoms with E-state index in [1.54, 1.807) is 36.4 Å². The van der Waals surface area contributed by atoms with Crippen molar-refractivity contribution in [3.63, 3.8) is 0 Å². The lowest BCUT2D eigenvalue weighted by atomic mass is 10.2. The minimum atomic E-state index is -4.17. The van der Waals surface area contributed by atoms with Crippen molar-refractivity contribution in [1.29, 1.82) is 0 Å². The normalized spacial score (nSPS) is 11.0. The maximum Gasteiger partial charge on any atom is 0.264 e. The maximum atomic E-state index is 13.6. The van der Waals surface area contributed by atoms with Crippen molar-refractivity contribution in [3.8, 4) is 17.2 Å². The number of hydrogen-bond acceptors (Lipinski definition) is 6. The molecule has 0 atom stereocenters. The van der Waals surface area contributed by atoms with Crippen LogP contribution >= 0.6 is 0 Å². The highest BCUT2D eigenvalue weighted by Gasteiger charge is 2.28. The molecule has 10 heteroatoms. The fraction of sp³-hybridized carbons (Fsp3) is 0.240. The van der Waals surface area contributed by atoms with E-state index in [-0.39, 0.29) is 28.7 Å². The number of amides is 1. The van der Waals surface area contributed by atoms with Gasteiger partial charge in [-0.15, -0.1) is 0 Å². The highest BCUT2D eigenvalue weighted by Crippen LogP contribution is 2.32. The van der Waals surface area contributed by atoms with Gasteiger partial charge in [0, 0.05) is 12.6 Å². The Morgan fingerprint density at radius 1 is 0.943 bits per heavy atom. The highest BCUT2D eigenvalue weighted by atomic mass is 32.2. The molecule has 0 bridgehead atoms. The van der Waals surface area contributed by atoms with Crippen LogP contribution < -0.4 is 23.8 Å². The van der Waals surface area contributed by atoms with E-state index in [4.69, 9.17) is 14.2 Å². The minimum Gasteiger partial charge on any atom is -0.494 e. The molecule has 0 aromatic heterocycles. The number of sulfonamides is 1. The van der Waals surface area contributed by atoms with Gasteiger partial charge in [-0.3, -0.25) is 9.10 Å². The number of hydrogen-bond donors (Lipinski definition) is 1. The van der Waals surface area contributed by atoms with Crippen LogP contribution in [-0.2, 0) is 21.4 Å². The summed E-state index contributed by atoms with van der Waals surface area (Å²) < 4.78 is 57.3. The van der Waals surface area contributed by atoms with Crippen molar-refractivity contribution in [3.05, 3.63) is 78.1 Å². The van der Waals surface area contributed by atoms with E-state index in [9.17, 15) is 17.6 Å². The van der Waals surface area contributed by atoms with E-state index in [0.717, 1.165) is 4.31 Å². The van der Waals surface area contributed by atoms with Gasteiger partial charge in [0.15, 0.2) is 11.5 Å². The highest BCUT2D eigenvalue weighted by molar-refractivity contribution is 7.92. The molecule has 0 aliphatic carbocycles. The molecule has 1 N–H and O–H groups in total. The summed E-state index contributed by atoms with van der Waals surface area (Å²) in [7, 11) is -1.32. The van der Waals surface area contributed by atoms with Crippen LogP contribution in [0.3, 0.4) is 0 Å². The van der Waals surface area contributed by atoms with Crippen molar-refractivity contribution in [2.24, 2.45) is 0 Å². The van der Waals surface area contributed by atoms with Gasteiger partial charge in [0.2, 0.25) is 5.91 Å². The lowest BCUT2D eigenvalue weighted by Crippen LogP contribution is -2.40. The Balaban J connectivity index is 1.91. The average Bonchev–Trinajstić information content (AvgIpc) is 2.87. The summed E-state index contributed by atoms with van der Waals surface area (Å²) >= 11 is 0. The van der Waals surface area contributed by atoms with Crippen LogP contribution in [0, 0.1) is 5.82 Å². The molecular formula is C25H27FN2O6S. The predicted octanol–water partition coefficient (Wildman–Crippen LogP) is 3.75. The monoisotopic (exact) mass is 502 g/mol. The molecule has 0 spiro atoms. The Bertz CT molecular complexity index is 1250. The molecule has 0 unspecified atom stereocenters. The first-order valence-electron chi connectivity index (χ1n) is 10.8. The molecule has 0 radical (unpaired) electrons. The fourth-order valence-corrected chi connectivity index (χ4v) is 4.72. The summed E-state index contributed by atoms with van der Waals surface area (Å²) in [4.78, 5) is 12.7. The quantitative estimate of drug-likeness (QED) is 0.429. The summed E-state index contributed by atoms with van der Waals surface area (Å²) in [6.07, 6.45) is 0. The number of nitrogens with zero attached hydrogens (tertiary/aromatic N) is 1.